The van der Waals surface area contributed by atoms with Crippen LogP contribution in [0.5, 0.6) is 0 Å². The summed E-state index contributed by atoms with van der Waals surface area (Å²) in [6, 6.07) is 25.4. The molecule has 0 fully saturated rings. The molecule has 4 rings (SSSR count). The smallest absolute Gasteiger partial charge is 0.255 e. The Kier molecular flexibility index (Phi) is 3.97. The van der Waals surface area contributed by atoms with E-state index in [-0.39, 0.29) is 5.91 Å². The maximum Gasteiger partial charge on any atom is 0.255 e. The number of amides is 1. The van der Waals surface area contributed by atoms with Crippen LogP contribution in [0.3, 0.4) is 0 Å². The Morgan fingerprint density at radius 3 is 2.32 bits per heavy atom. The lowest BCUT2D eigenvalue weighted by Gasteiger charge is -2.08. The highest BCUT2D eigenvalue weighted by atomic mass is 16.1. The van der Waals surface area contributed by atoms with Gasteiger partial charge >= 0.3 is 0 Å². The lowest BCUT2D eigenvalue weighted by Crippen LogP contribution is -2.11. The van der Waals surface area contributed by atoms with Gasteiger partial charge in [0.1, 0.15) is 0 Å². The van der Waals surface area contributed by atoms with Crippen molar-refractivity contribution >= 4 is 22.4 Å². The van der Waals surface area contributed by atoms with E-state index in [2.05, 4.69) is 16.4 Å². The first-order chi connectivity index (χ1) is 12.3. The molecule has 0 saturated carbocycles. The van der Waals surface area contributed by atoms with E-state index in [9.17, 15) is 4.79 Å². The number of hydrogen-bond donors (Lipinski definition) is 1. The summed E-state index contributed by atoms with van der Waals surface area (Å²) < 4.78 is 0. The second kappa shape index (κ2) is 6.57. The Hall–Kier alpha value is -3.46. The number of carbonyl (C=O) groups excluding carboxylic acids is 1. The molecular weight excluding hydrogens is 308 g/mol. The van der Waals surface area contributed by atoms with Crippen LogP contribution in [0.1, 0.15) is 10.4 Å². The van der Waals surface area contributed by atoms with Crippen molar-refractivity contribution in [3.8, 4) is 11.1 Å². The molecule has 1 aromatic heterocycles. The fourth-order valence-electron chi connectivity index (χ4n) is 2.82. The molecule has 120 valence electrons. The Morgan fingerprint density at radius 2 is 1.56 bits per heavy atom. The predicted octanol–water partition coefficient (Wildman–Crippen LogP) is 5.15. The molecule has 25 heavy (non-hydrogen) atoms. The third-order valence-corrected chi connectivity index (χ3v) is 4.15. The first-order valence-electron chi connectivity index (χ1n) is 8.10. The van der Waals surface area contributed by atoms with Gasteiger partial charge in [-0.15, -0.1) is 0 Å². The molecule has 0 aliphatic rings. The molecule has 3 aromatic carbocycles. The first kappa shape index (κ1) is 15.1. The Morgan fingerprint density at radius 1 is 0.760 bits per heavy atom. The summed E-state index contributed by atoms with van der Waals surface area (Å²) in [5.41, 5.74) is 3.49. The van der Waals surface area contributed by atoms with E-state index in [0.717, 1.165) is 27.6 Å². The van der Waals surface area contributed by atoms with Gasteiger partial charge < -0.3 is 5.32 Å². The Labute approximate surface area is 146 Å². The summed E-state index contributed by atoms with van der Waals surface area (Å²) in [5, 5.41) is 5.22. The maximum absolute atomic E-state index is 12.5. The van der Waals surface area contributed by atoms with E-state index in [1.807, 2.05) is 79.0 Å². The largest absolute Gasteiger partial charge is 0.322 e. The Bertz CT molecular complexity index is 1020. The predicted molar refractivity (Wildman–Crippen MR) is 102 cm³/mol. The summed E-state index contributed by atoms with van der Waals surface area (Å²) in [4.78, 5) is 16.6. The molecule has 0 unspecified atom stereocenters. The lowest BCUT2D eigenvalue weighted by molar-refractivity contribution is 0.102. The monoisotopic (exact) mass is 324 g/mol. The van der Waals surface area contributed by atoms with Crippen molar-refractivity contribution in [2.75, 3.05) is 5.32 Å². The average molecular weight is 324 g/mol. The van der Waals surface area contributed by atoms with Gasteiger partial charge in [0.15, 0.2) is 0 Å². The lowest BCUT2D eigenvalue weighted by atomic mass is 10.1. The summed E-state index contributed by atoms with van der Waals surface area (Å²) in [6.07, 6.45) is 3.55. The van der Waals surface area contributed by atoms with Gasteiger partial charge in [0, 0.05) is 23.6 Å². The zero-order chi connectivity index (χ0) is 17.1. The van der Waals surface area contributed by atoms with E-state index < -0.39 is 0 Å². The molecule has 0 bridgehead atoms. The first-order valence-corrected chi connectivity index (χ1v) is 8.10. The number of nitrogens with one attached hydrogen (secondary N) is 1. The third-order valence-electron chi connectivity index (χ3n) is 4.15. The van der Waals surface area contributed by atoms with Crippen LogP contribution in [0.25, 0.3) is 21.9 Å². The van der Waals surface area contributed by atoms with Crippen LogP contribution in [0.15, 0.2) is 91.3 Å². The van der Waals surface area contributed by atoms with Crippen LogP contribution in [0.4, 0.5) is 5.69 Å². The maximum atomic E-state index is 12.5. The molecule has 0 radical (unpaired) electrons. The number of pyridine rings is 1. The molecule has 0 atom stereocenters. The molecular formula is C22H16N2O. The van der Waals surface area contributed by atoms with Crippen molar-refractivity contribution < 1.29 is 4.79 Å². The van der Waals surface area contributed by atoms with Gasteiger partial charge in [-0.25, -0.2) is 0 Å². The average Bonchev–Trinajstić information content (AvgIpc) is 2.69. The van der Waals surface area contributed by atoms with Gasteiger partial charge in [-0.05, 0) is 52.2 Å². The number of hydrogen-bond acceptors (Lipinski definition) is 2. The number of carbonyl (C=O) groups is 1. The number of rotatable bonds is 3. The molecule has 3 nitrogen and oxygen atoms in total. The zero-order valence-corrected chi connectivity index (χ0v) is 13.5. The SMILES string of the molecule is O=C(Nc1ccc2ccccc2c1)c1ccc(-c2cccnc2)cc1. The summed E-state index contributed by atoms with van der Waals surface area (Å²) >= 11 is 0. The van der Waals surface area contributed by atoms with Crippen molar-refractivity contribution in [2.24, 2.45) is 0 Å². The fraction of sp³-hybridized carbons (Fsp3) is 0. The zero-order valence-electron chi connectivity index (χ0n) is 13.5. The van der Waals surface area contributed by atoms with Crippen LogP contribution in [0.2, 0.25) is 0 Å². The van der Waals surface area contributed by atoms with Gasteiger partial charge in [-0.2, -0.15) is 0 Å². The molecule has 1 amide bonds. The minimum absolute atomic E-state index is 0.118. The standard InChI is InChI=1S/C22H16N2O/c25-22(24-21-12-11-16-4-1-2-5-19(16)14-21)18-9-7-17(8-10-18)20-6-3-13-23-15-20/h1-15H,(H,24,25). The number of fused-ring (bicyclic) bond motifs is 1. The van der Waals surface area contributed by atoms with Crippen LogP contribution >= 0.6 is 0 Å². The van der Waals surface area contributed by atoms with Gasteiger partial charge in [0.2, 0.25) is 0 Å². The van der Waals surface area contributed by atoms with Gasteiger partial charge in [-0.1, -0.05) is 48.5 Å². The van der Waals surface area contributed by atoms with Gasteiger partial charge in [0.05, 0.1) is 0 Å². The minimum atomic E-state index is -0.118. The molecule has 1 heterocycles. The quantitative estimate of drug-likeness (QED) is 0.566. The highest BCUT2D eigenvalue weighted by molar-refractivity contribution is 6.05. The van der Waals surface area contributed by atoms with Crippen molar-refractivity contribution in [3.05, 3.63) is 96.8 Å². The van der Waals surface area contributed by atoms with E-state index >= 15 is 0 Å². The van der Waals surface area contributed by atoms with Crippen LogP contribution in [-0.4, -0.2) is 10.9 Å². The van der Waals surface area contributed by atoms with Crippen molar-refractivity contribution in [1.82, 2.24) is 4.98 Å². The van der Waals surface area contributed by atoms with E-state index in [0.29, 0.717) is 5.56 Å². The fourth-order valence-corrected chi connectivity index (χ4v) is 2.82. The summed E-state index contributed by atoms with van der Waals surface area (Å²) in [7, 11) is 0. The number of aromatic nitrogens is 1. The minimum Gasteiger partial charge on any atom is -0.322 e. The van der Waals surface area contributed by atoms with Crippen molar-refractivity contribution in [3.63, 3.8) is 0 Å². The number of anilines is 1. The molecule has 1 N–H and O–H groups in total. The molecule has 0 spiro atoms. The van der Waals surface area contributed by atoms with E-state index in [1.54, 1.807) is 6.20 Å². The van der Waals surface area contributed by atoms with Crippen LogP contribution in [0, 0.1) is 0 Å². The topological polar surface area (TPSA) is 42.0 Å². The van der Waals surface area contributed by atoms with Gasteiger partial charge in [0.25, 0.3) is 5.91 Å². The molecule has 0 aliphatic heterocycles. The van der Waals surface area contributed by atoms with Crippen LogP contribution in [-0.2, 0) is 0 Å². The molecule has 0 saturated heterocycles. The second-order valence-electron chi connectivity index (χ2n) is 5.84. The van der Waals surface area contributed by atoms with E-state index in [1.165, 1.54) is 0 Å². The van der Waals surface area contributed by atoms with Gasteiger partial charge in [-0.3, -0.25) is 9.78 Å². The third kappa shape index (κ3) is 3.26. The van der Waals surface area contributed by atoms with E-state index in [4.69, 9.17) is 0 Å². The van der Waals surface area contributed by atoms with Crippen molar-refractivity contribution in [2.45, 2.75) is 0 Å². The highest BCUT2D eigenvalue weighted by Crippen LogP contribution is 2.21. The normalized spacial score (nSPS) is 10.6. The molecule has 3 heteroatoms. The molecule has 4 aromatic rings. The second-order valence-corrected chi connectivity index (χ2v) is 5.84. The number of benzene rings is 3. The number of nitrogens with zero attached hydrogens (tertiary/aromatic N) is 1. The van der Waals surface area contributed by atoms with Crippen LogP contribution < -0.4 is 5.32 Å². The molecule has 0 aliphatic carbocycles. The summed E-state index contributed by atoms with van der Waals surface area (Å²) in [6.45, 7) is 0. The summed E-state index contributed by atoms with van der Waals surface area (Å²) in [5.74, 6) is -0.118. The van der Waals surface area contributed by atoms with Crippen molar-refractivity contribution in [1.29, 1.82) is 0 Å². The highest BCUT2D eigenvalue weighted by Gasteiger charge is 2.07. The Balaban J connectivity index is 1.54.